The van der Waals surface area contributed by atoms with Crippen molar-refractivity contribution in [1.29, 1.82) is 0 Å². The largest absolute Gasteiger partial charge is 0.493 e. The molecule has 0 atom stereocenters. The summed E-state index contributed by atoms with van der Waals surface area (Å²) >= 11 is 0. The molecule has 1 aromatic heterocycles. The topological polar surface area (TPSA) is 60.6 Å². The minimum atomic E-state index is -0.349. The van der Waals surface area contributed by atoms with E-state index < -0.39 is 0 Å². The summed E-state index contributed by atoms with van der Waals surface area (Å²) in [7, 11) is 1.79. The fourth-order valence-corrected chi connectivity index (χ4v) is 2.98. The molecule has 2 N–H and O–H groups in total. The highest BCUT2D eigenvalue weighted by atomic mass is 19.1. The summed E-state index contributed by atoms with van der Waals surface area (Å²) in [5, 5.41) is 1.57. The van der Waals surface area contributed by atoms with E-state index in [0.29, 0.717) is 36.1 Å². The van der Waals surface area contributed by atoms with Gasteiger partial charge in [0.1, 0.15) is 18.2 Å². The fourth-order valence-electron chi connectivity index (χ4n) is 2.98. The summed E-state index contributed by atoms with van der Waals surface area (Å²) in [6.07, 6.45) is 0. The fraction of sp³-hybridized carbons (Fsp3) is 0.227. The second-order valence-electron chi connectivity index (χ2n) is 6.41. The lowest BCUT2D eigenvalue weighted by Gasteiger charge is -2.19. The molecule has 2 aromatic carbocycles. The van der Waals surface area contributed by atoms with Crippen molar-refractivity contribution in [1.82, 2.24) is 4.98 Å². The molecule has 0 bridgehead atoms. The number of hydrazine groups is 1. The van der Waals surface area contributed by atoms with Crippen LogP contribution in [-0.4, -0.2) is 18.6 Å². The van der Waals surface area contributed by atoms with Gasteiger partial charge in [-0.15, -0.1) is 0 Å². The Kier molecular flexibility index (Phi) is 6.11. The lowest BCUT2D eigenvalue weighted by Crippen LogP contribution is -2.26. The molecule has 3 rings (SSSR count). The van der Waals surface area contributed by atoms with E-state index in [0.717, 1.165) is 16.8 Å². The molecule has 1 heterocycles. The third-order valence-corrected chi connectivity index (χ3v) is 4.37. The Labute approximate surface area is 164 Å². The summed E-state index contributed by atoms with van der Waals surface area (Å²) in [6.45, 7) is 4.65. The van der Waals surface area contributed by atoms with Gasteiger partial charge in [-0.3, -0.25) is 0 Å². The summed E-state index contributed by atoms with van der Waals surface area (Å²) in [6, 6.07) is 15.8. The maximum absolute atomic E-state index is 13.6. The molecule has 5 nitrogen and oxygen atoms in total. The predicted octanol–water partition coefficient (Wildman–Crippen LogP) is 4.48. The van der Waals surface area contributed by atoms with Crippen LogP contribution >= 0.6 is 0 Å². The maximum atomic E-state index is 13.6. The van der Waals surface area contributed by atoms with Gasteiger partial charge in [-0.25, -0.2) is 15.2 Å². The molecule has 146 valence electrons. The Hall–Kier alpha value is -3.12. The number of nitrogens with two attached hydrogens (primary N) is 1. The molecule has 28 heavy (non-hydrogen) atoms. The van der Waals surface area contributed by atoms with Gasteiger partial charge in [0, 0.05) is 30.3 Å². The summed E-state index contributed by atoms with van der Waals surface area (Å²) < 4.78 is 25.1. The average Bonchev–Trinajstić information content (AvgIpc) is 2.67. The third kappa shape index (κ3) is 4.40. The van der Waals surface area contributed by atoms with Gasteiger partial charge >= 0.3 is 0 Å². The summed E-state index contributed by atoms with van der Waals surface area (Å²) in [4.78, 5) is 4.57. The number of aromatic nitrogens is 1. The molecule has 0 amide bonds. The zero-order valence-corrected chi connectivity index (χ0v) is 16.3. The third-order valence-electron chi connectivity index (χ3n) is 4.37. The number of pyridine rings is 1. The second-order valence-corrected chi connectivity index (χ2v) is 6.41. The number of aryl methyl sites for hydroxylation is 1. The molecule has 0 aliphatic carbocycles. The van der Waals surface area contributed by atoms with E-state index in [1.165, 1.54) is 12.1 Å². The van der Waals surface area contributed by atoms with E-state index in [2.05, 4.69) is 4.98 Å². The van der Waals surface area contributed by atoms with Crippen LogP contribution in [0.1, 0.15) is 18.1 Å². The van der Waals surface area contributed by atoms with Crippen molar-refractivity contribution in [2.24, 2.45) is 5.84 Å². The molecule has 0 saturated heterocycles. The van der Waals surface area contributed by atoms with Crippen LogP contribution in [0, 0.1) is 12.7 Å². The number of nitrogens with zero attached hydrogens (tertiary/aromatic N) is 2. The van der Waals surface area contributed by atoms with Crippen LogP contribution in [0.25, 0.3) is 11.3 Å². The second kappa shape index (κ2) is 8.71. The van der Waals surface area contributed by atoms with Crippen LogP contribution in [0.2, 0.25) is 0 Å². The van der Waals surface area contributed by atoms with Crippen LogP contribution in [0.15, 0.2) is 54.6 Å². The normalized spacial score (nSPS) is 10.6. The van der Waals surface area contributed by atoms with E-state index in [1.807, 2.05) is 44.2 Å². The van der Waals surface area contributed by atoms with Gasteiger partial charge in [-0.05, 0) is 43.7 Å². The van der Waals surface area contributed by atoms with Crippen LogP contribution in [-0.2, 0) is 6.61 Å². The first kappa shape index (κ1) is 19.6. The van der Waals surface area contributed by atoms with E-state index in [9.17, 15) is 4.39 Å². The summed E-state index contributed by atoms with van der Waals surface area (Å²) in [5.74, 6) is 6.51. The SMILES string of the molecule is CCOc1cc(F)ccc1-c1cccc(OCc2c(C)cccc2N(C)N)n1. The predicted molar refractivity (Wildman–Crippen MR) is 109 cm³/mol. The first-order valence-electron chi connectivity index (χ1n) is 9.09. The number of rotatable bonds is 7. The van der Waals surface area contributed by atoms with Crippen molar-refractivity contribution in [3.8, 4) is 22.9 Å². The first-order chi connectivity index (χ1) is 13.5. The standard InChI is InChI=1S/C22H24FN3O2/c1-4-27-21-13-16(23)11-12-17(21)19-8-6-10-22(25-19)28-14-18-15(2)7-5-9-20(18)26(3)24/h5-13H,4,14,24H2,1-3H3. The van der Waals surface area contributed by atoms with Crippen molar-refractivity contribution in [2.45, 2.75) is 20.5 Å². The lowest BCUT2D eigenvalue weighted by molar-refractivity contribution is 0.293. The number of hydrogen-bond acceptors (Lipinski definition) is 5. The van der Waals surface area contributed by atoms with Crippen LogP contribution < -0.4 is 20.3 Å². The molecule has 0 unspecified atom stereocenters. The zero-order chi connectivity index (χ0) is 20.1. The number of benzene rings is 2. The molecular weight excluding hydrogens is 357 g/mol. The van der Waals surface area contributed by atoms with Crippen LogP contribution in [0.3, 0.4) is 0 Å². The number of ether oxygens (including phenoxy) is 2. The molecule has 0 fully saturated rings. The summed E-state index contributed by atoms with van der Waals surface area (Å²) in [5.41, 5.74) is 4.35. The molecule has 0 radical (unpaired) electrons. The highest BCUT2D eigenvalue weighted by molar-refractivity contribution is 5.67. The maximum Gasteiger partial charge on any atom is 0.214 e. The quantitative estimate of drug-likeness (QED) is 0.483. The van der Waals surface area contributed by atoms with E-state index in [-0.39, 0.29) is 5.82 Å². The Bertz CT molecular complexity index is 960. The molecule has 0 aliphatic heterocycles. The molecule has 0 aliphatic rings. The minimum absolute atomic E-state index is 0.335. The van der Waals surface area contributed by atoms with Crippen molar-refractivity contribution < 1.29 is 13.9 Å². The highest BCUT2D eigenvalue weighted by Gasteiger charge is 2.12. The van der Waals surface area contributed by atoms with Gasteiger partial charge < -0.3 is 14.5 Å². The lowest BCUT2D eigenvalue weighted by atomic mass is 10.1. The highest BCUT2D eigenvalue weighted by Crippen LogP contribution is 2.31. The zero-order valence-electron chi connectivity index (χ0n) is 16.3. The number of hydrogen-bond donors (Lipinski definition) is 1. The average molecular weight is 381 g/mol. The molecule has 0 saturated carbocycles. The van der Waals surface area contributed by atoms with Gasteiger partial charge in [-0.2, -0.15) is 0 Å². The van der Waals surface area contributed by atoms with Crippen molar-refractivity contribution in [3.05, 3.63) is 71.5 Å². The van der Waals surface area contributed by atoms with Gasteiger partial charge in [0.15, 0.2) is 0 Å². The smallest absolute Gasteiger partial charge is 0.214 e. The minimum Gasteiger partial charge on any atom is -0.493 e. The number of anilines is 1. The van der Waals surface area contributed by atoms with Gasteiger partial charge in [0.2, 0.25) is 5.88 Å². The van der Waals surface area contributed by atoms with Crippen molar-refractivity contribution in [3.63, 3.8) is 0 Å². The molecule has 0 spiro atoms. The van der Waals surface area contributed by atoms with E-state index in [4.69, 9.17) is 15.3 Å². The Morgan fingerprint density at radius 2 is 1.86 bits per heavy atom. The Morgan fingerprint density at radius 3 is 2.61 bits per heavy atom. The van der Waals surface area contributed by atoms with Gasteiger partial charge in [-0.1, -0.05) is 18.2 Å². The van der Waals surface area contributed by atoms with Crippen LogP contribution in [0.5, 0.6) is 11.6 Å². The first-order valence-corrected chi connectivity index (χ1v) is 9.09. The Balaban J connectivity index is 1.86. The van der Waals surface area contributed by atoms with Crippen molar-refractivity contribution in [2.75, 3.05) is 18.7 Å². The molecule has 6 heteroatoms. The van der Waals surface area contributed by atoms with E-state index in [1.54, 1.807) is 24.2 Å². The van der Waals surface area contributed by atoms with Crippen LogP contribution in [0.4, 0.5) is 10.1 Å². The number of halogens is 1. The Morgan fingerprint density at radius 1 is 1.07 bits per heavy atom. The van der Waals surface area contributed by atoms with Gasteiger partial charge in [0.05, 0.1) is 18.0 Å². The van der Waals surface area contributed by atoms with Crippen molar-refractivity contribution >= 4 is 5.69 Å². The van der Waals surface area contributed by atoms with E-state index >= 15 is 0 Å². The van der Waals surface area contributed by atoms with Gasteiger partial charge in [0.25, 0.3) is 0 Å². The molecule has 3 aromatic rings. The molecular formula is C22H24FN3O2. The monoisotopic (exact) mass is 381 g/mol.